The number of hydrogen-bond acceptors (Lipinski definition) is 6. The molecule has 3 rings (SSSR count). The van der Waals surface area contributed by atoms with E-state index in [4.69, 9.17) is 12.2 Å². The number of carbonyl (C=O) groups excluding carboxylic acids is 2. The lowest BCUT2D eigenvalue weighted by molar-refractivity contribution is -0.129. The minimum absolute atomic E-state index is 0.259. The van der Waals surface area contributed by atoms with Crippen LogP contribution in [0.15, 0.2) is 40.7 Å². The van der Waals surface area contributed by atoms with Gasteiger partial charge in [-0.05, 0) is 19.1 Å². The average molecular weight is 393 g/mol. The van der Waals surface area contributed by atoms with Gasteiger partial charge in [-0.25, -0.2) is 9.37 Å². The van der Waals surface area contributed by atoms with Crippen LogP contribution in [-0.2, 0) is 9.59 Å². The lowest BCUT2D eigenvalue weighted by Gasteiger charge is -2.21. The van der Waals surface area contributed by atoms with Gasteiger partial charge in [0.2, 0.25) is 5.91 Å². The molecule has 2 heterocycles. The molecule has 5 nitrogen and oxygen atoms in total. The van der Waals surface area contributed by atoms with Crippen molar-refractivity contribution in [3.05, 3.63) is 52.1 Å². The zero-order valence-corrected chi connectivity index (χ0v) is 15.4. The molecular formula is C16H12FN3O2S3. The Kier molecular flexibility index (Phi) is 5.26. The first kappa shape index (κ1) is 17.7. The predicted molar refractivity (Wildman–Crippen MR) is 102 cm³/mol. The first-order valence-electron chi connectivity index (χ1n) is 7.19. The molecular weight excluding hydrogens is 381 g/mol. The third-order valence-corrected chi connectivity index (χ3v) is 5.46. The van der Waals surface area contributed by atoms with E-state index < -0.39 is 23.7 Å². The molecule has 0 spiro atoms. The van der Waals surface area contributed by atoms with Gasteiger partial charge in [0.05, 0.1) is 4.91 Å². The Bertz CT molecular complexity index is 867. The van der Waals surface area contributed by atoms with Gasteiger partial charge in [0.25, 0.3) is 5.91 Å². The molecule has 1 aromatic carbocycles. The fraction of sp³-hybridized carbons (Fsp3) is 0.125. The van der Waals surface area contributed by atoms with E-state index in [2.05, 4.69) is 10.3 Å². The normalized spacial score (nSPS) is 17.2. The van der Waals surface area contributed by atoms with Gasteiger partial charge in [-0.15, -0.1) is 11.3 Å². The number of thioether (sulfide) groups is 1. The number of benzene rings is 1. The van der Waals surface area contributed by atoms with Crippen LogP contribution in [0.4, 0.5) is 9.52 Å². The third kappa shape index (κ3) is 3.78. The molecule has 2 aromatic rings. The van der Waals surface area contributed by atoms with Crippen LogP contribution in [0.25, 0.3) is 6.08 Å². The summed E-state index contributed by atoms with van der Waals surface area (Å²) in [6.45, 7) is 1.58. The highest BCUT2D eigenvalue weighted by molar-refractivity contribution is 8.26. The molecule has 1 N–H and O–H groups in total. The van der Waals surface area contributed by atoms with Crippen molar-refractivity contribution in [2.75, 3.05) is 5.32 Å². The highest BCUT2D eigenvalue weighted by Crippen LogP contribution is 2.34. The number of thiocarbonyl (C=S) groups is 1. The van der Waals surface area contributed by atoms with Gasteiger partial charge in [-0.1, -0.05) is 42.2 Å². The second-order valence-corrected chi connectivity index (χ2v) is 7.65. The molecule has 25 heavy (non-hydrogen) atoms. The summed E-state index contributed by atoms with van der Waals surface area (Å²) in [5.74, 6) is -1.24. The molecule has 1 aliphatic heterocycles. The van der Waals surface area contributed by atoms with Crippen molar-refractivity contribution in [1.82, 2.24) is 9.88 Å². The van der Waals surface area contributed by atoms with E-state index in [1.807, 2.05) is 0 Å². The molecule has 0 bridgehead atoms. The molecule has 9 heteroatoms. The quantitative estimate of drug-likeness (QED) is 0.636. The predicted octanol–water partition coefficient (Wildman–Crippen LogP) is 3.51. The Morgan fingerprint density at radius 1 is 1.44 bits per heavy atom. The molecule has 0 saturated carbocycles. The average Bonchev–Trinajstić information content (AvgIpc) is 3.17. The monoisotopic (exact) mass is 393 g/mol. The van der Waals surface area contributed by atoms with Crippen LogP contribution in [-0.4, -0.2) is 32.1 Å². The van der Waals surface area contributed by atoms with Crippen LogP contribution < -0.4 is 5.32 Å². The van der Waals surface area contributed by atoms with Crippen molar-refractivity contribution in [2.24, 2.45) is 0 Å². The number of halogens is 1. The van der Waals surface area contributed by atoms with Gasteiger partial charge in [-0.2, -0.15) is 0 Å². The zero-order valence-electron chi connectivity index (χ0n) is 12.9. The summed E-state index contributed by atoms with van der Waals surface area (Å²) in [4.78, 5) is 30.4. The van der Waals surface area contributed by atoms with E-state index in [1.165, 1.54) is 28.4 Å². The molecule has 1 fully saturated rings. The summed E-state index contributed by atoms with van der Waals surface area (Å²) < 4.78 is 14.0. The number of amides is 2. The van der Waals surface area contributed by atoms with Crippen molar-refractivity contribution in [3.63, 3.8) is 0 Å². The maximum Gasteiger partial charge on any atom is 0.266 e. The van der Waals surface area contributed by atoms with E-state index >= 15 is 0 Å². The molecule has 2 amide bonds. The fourth-order valence-corrected chi connectivity index (χ4v) is 4.10. The Balaban J connectivity index is 1.79. The van der Waals surface area contributed by atoms with E-state index in [0.717, 1.165) is 11.8 Å². The van der Waals surface area contributed by atoms with E-state index in [1.54, 1.807) is 36.7 Å². The number of aromatic nitrogens is 1. The first-order chi connectivity index (χ1) is 12.0. The van der Waals surface area contributed by atoms with E-state index in [-0.39, 0.29) is 9.23 Å². The maximum atomic E-state index is 13.8. The summed E-state index contributed by atoms with van der Waals surface area (Å²) in [7, 11) is 0. The summed E-state index contributed by atoms with van der Waals surface area (Å²) >= 11 is 7.55. The fourth-order valence-electron chi connectivity index (χ4n) is 2.16. The summed E-state index contributed by atoms with van der Waals surface area (Å²) in [5, 5.41) is 4.82. The van der Waals surface area contributed by atoms with Crippen LogP contribution in [0.1, 0.15) is 12.5 Å². The molecule has 128 valence electrons. The molecule has 1 atom stereocenters. The summed E-state index contributed by atoms with van der Waals surface area (Å²) in [6.07, 6.45) is 3.02. The molecule has 1 aromatic heterocycles. The topological polar surface area (TPSA) is 62.3 Å². The number of carbonyl (C=O) groups is 2. The van der Waals surface area contributed by atoms with Crippen molar-refractivity contribution in [2.45, 2.75) is 13.0 Å². The Morgan fingerprint density at radius 3 is 2.88 bits per heavy atom. The highest BCUT2D eigenvalue weighted by atomic mass is 32.2. The smallest absolute Gasteiger partial charge is 0.266 e. The van der Waals surface area contributed by atoms with Crippen molar-refractivity contribution in [1.29, 1.82) is 0 Å². The number of rotatable bonds is 4. The van der Waals surface area contributed by atoms with Gasteiger partial charge < -0.3 is 5.32 Å². The molecule has 1 saturated heterocycles. The Labute approximate surface area is 156 Å². The van der Waals surface area contributed by atoms with Gasteiger partial charge >= 0.3 is 0 Å². The summed E-state index contributed by atoms with van der Waals surface area (Å²) in [6, 6.07) is 5.34. The lowest BCUT2D eigenvalue weighted by Crippen LogP contribution is -2.44. The van der Waals surface area contributed by atoms with Crippen molar-refractivity contribution in [3.8, 4) is 0 Å². The van der Waals surface area contributed by atoms with Gasteiger partial charge in [0.1, 0.15) is 16.2 Å². The number of nitrogens with zero attached hydrogens (tertiary/aromatic N) is 2. The second kappa shape index (κ2) is 7.42. The first-order valence-corrected chi connectivity index (χ1v) is 9.30. The standard InChI is InChI=1S/C16H12FN3O2S3/c1-9(13(21)19-15-18-6-7-24-15)20-14(22)12(25-16(20)23)8-10-4-2-3-5-11(10)17/h2-9H,1H3,(H,18,19,21)/b12-8-. The SMILES string of the molecule is CC(C(=O)Nc1nccs1)N1C(=O)/C(=C/c2ccccc2F)SC1=S. The summed E-state index contributed by atoms with van der Waals surface area (Å²) in [5.41, 5.74) is 0.294. The lowest BCUT2D eigenvalue weighted by atomic mass is 10.2. The number of anilines is 1. The van der Waals surface area contributed by atoms with Crippen LogP contribution in [0.5, 0.6) is 0 Å². The van der Waals surface area contributed by atoms with Gasteiger partial charge in [0, 0.05) is 17.1 Å². The molecule has 1 aliphatic rings. The highest BCUT2D eigenvalue weighted by Gasteiger charge is 2.38. The van der Waals surface area contributed by atoms with Crippen LogP contribution in [0.3, 0.4) is 0 Å². The molecule has 1 unspecified atom stereocenters. The number of nitrogens with one attached hydrogen (secondary N) is 1. The third-order valence-electron chi connectivity index (χ3n) is 3.44. The van der Waals surface area contributed by atoms with Crippen molar-refractivity contribution < 1.29 is 14.0 Å². The molecule has 0 aliphatic carbocycles. The minimum atomic E-state index is -0.803. The molecule has 0 radical (unpaired) electrons. The van der Waals surface area contributed by atoms with Crippen LogP contribution in [0, 0.1) is 5.82 Å². The Hall–Kier alpha value is -2.10. The maximum absolute atomic E-state index is 13.8. The zero-order chi connectivity index (χ0) is 18.0. The van der Waals surface area contributed by atoms with Gasteiger partial charge in [-0.3, -0.25) is 14.5 Å². The Morgan fingerprint density at radius 2 is 2.20 bits per heavy atom. The van der Waals surface area contributed by atoms with Crippen molar-refractivity contribution >= 4 is 62.7 Å². The number of hydrogen-bond donors (Lipinski definition) is 1. The van der Waals surface area contributed by atoms with Gasteiger partial charge in [0.15, 0.2) is 5.13 Å². The van der Waals surface area contributed by atoms with Crippen LogP contribution >= 0.6 is 35.3 Å². The minimum Gasteiger partial charge on any atom is -0.300 e. The van der Waals surface area contributed by atoms with E-state index in [9.17, 15) is 14.0 Å². The largest absolute Gasteiger partial charge is 0.300 e. The second-order valence-electron chi connectivity index (χ2n) is 5.08. The van der Waals surface area contributed by atoms with E-state index in [0.29, 0.717) is 10.7 Å². The number of thiazole rings is 1. The van der Waals surface area contributed by atoms with Crippen LogP contribution in [0.2, 0.25) is 0 Å².